The lowest BCUT2D eigenvalue weighted by atomic mass is 10.1. The molecular formula is C18H20N2O2. The molecule has 0 aliphatic carbocycles. The van der Waals surface area contributed by atoms with Gasteiger partial charge in [0.05, 0.1) is 17.6 Å². The van der Waals surface area contributed by atoms with Crippen LogP contribution >= 0.6 is 0 Å². The predicted octanol–water partition coefficient (Wildman–Crippen LogP) is 3.22. The van der Waals surface area contributed by atoms with E-state index in [1.807, 2.05) is 34.9 Å². The molecule has 1 aromatic heterocycles. The van der Waals surface area contributed by atoms with Gasteiger partial charge in [-0.25, -0.2) is 4.98 Å². The van der Waals surface area contributed by atoms with Crippen LogP contribution in [0, 0.1) is 13.8 Å². The minimum Gasteiger partial charge on any atom is -0.492 e. The maximum Gasteiger partial charge on any atom is 0.135 e. The predicted molar refractivity (Wildman–Crippen MR) is 87.1 cm³/mol. The van der Waals surface area contributed by atoms with Crippen LogP contribution in [0.1, 0.15) is 17.0 Å². The fraction of sp³-hybridized carbons (Fsp3) is 0.278. The smallest absolute Gasteiger partial charge is 0.135 e. The van der Waals surface area contributed by atoms with Crippen molar-refractivity contribution in [2.24, 2.45) is 0 Å². The van der Waals surface area contributed by atoms with Gasteiger partial charge in [-0.05, 0) is 49.2 Å². The van der Waals surface area contributed by atoms with Crippen molar-refractivity contribution in [2.75, 3.05) is 6.61 Å². The van der Waals surface area contributed by atoms with Gasteiger partial charge < -0.3 is 14.4 Å². The van der Waals surface area contributed by atoms with Gasteiger partial charge in [-0.3, -0.25) is 0 Å². The maximum atomic E-state index is 9.55. The Labute approximate surface area is 130 Å². The van der Waals surface area contributed by atoms with E-state index in [0.29, 0.717) is 19.0 Å². The van der Waals surface area contributed by atoms with E-state index in [4.69, 9.17) is 4.74 Å². The Morgan fingerprint density at radius 2 is 1.82 bits per heavy atom. The van der Waals surface area contributed by atoms with Crippen molar-refractivity contribution in [3.8, 4) is 5.75 Å². The normalized spacial score (nSPS) is 11.0. The van der Waals surface area contributed by atoms with Crippen molar-refractivity contribution >= 4 is 11.0 Å². The maximum absolute atomic E-state index is 9.55. The summed E-state index contributed by atoms with van der Waals surface area (Å²) in [5.41, 5.74) is 4.40. The SMILES string of the molecule is Cc1cc2nc(CO)n(CCOc3ccccc3)c2cc1C. The van der Waals surface area contributed by atoms with Gasteiger partial charge >= 0.3 is 0 Å². The molecule has 0 spiro atoms. The van der Waals surface area contributed by atoms with Gasteiger partial charge in [-0.15, -0.1) is 0 Å². The van der Waals surface area contributed by atoms with Crippen LogP contribution in [0.15, 0.2) is 42.5 Å². The molecule has 0 fully saturated rings. The van der Waals surface area contributed by atoms with Crippen LogP contribution in [0.2, 0.25) is 0 Å². The van der Waals surface area contributed by atoms with Gasteiger partial charge in [0.1, 0.15) is 24.8 Å². The summed E-state index contributed by atoms with van der Waals surface area (Å²) in [7, 11) is 0. The Hall–Kier alpha value is -2.33. The van der Waals surface area contributed by atoms with E-state index < -0.39 is 0 Å². The highest BCUT2D eigenvalue weighted by Crippen LogP contribution is 2.21. The van der Waals surface area contributed by atoms with Crippen molar-refractivity contribution in [3.05, 3.63) is 59.4 Å². The zero-order valence-electron chi connectivity index (χ0n) is 12.9. The summed E-state index contributed by atoms with van der Waals surface area (Å²) in [5, 5.41) is 9.55. The molecule has 1 N–H and O–H groups in total. The Bertz CT molecular complexity index is 779. The number of rotatable bonds is 5. The van der Waals surface area contributed by atoms with Gasteiger partial charge in [0.25, 0.3) is 0 Å². The molecule has 0 saturated heterocycles. The van der Waals surface area contributed by atoms with Gasteiger partial charge in [-0.1, -0.05) is 18.2 Å². The van der Waals surface area contributed by atoms with Crippen LogP contribution in [0.25, 0.3) is 11.0 Å². The van der Waals surface area contributed by atoms with Crippen LogP contribution in [-0.2, 0) is 13.2 Å². The number of para-hydroxylation sites is 1. The third kappa shape index (κ3) is 2.83. The Balaban J connectivity index is 1.84. The molecule has 0 aliphatic rings. The summed E-state index contributed by atoms with van der Waals surface area (Å²) in [4.78, 5) is 4.52. The van der Waals surface area contributed by atoms with Crippen molar-refractivity contribution < 1.29 is 9.84 Å². The molecule has 0 saturated carbocycles. The largest absolute Gasteiger partial charge is 0.492 e. The highest BCUT2D eigenvalue weighted by Gasteiger charge is 2.11. The zero-order valence-corrected chi connectivity index (χ0v) is 12.9. The van der Waals surface area contributed by atoms with Crippen LogP contribution < -0.4 is 4.74 Å². The van der Waals surface area contributed by atoms with Gasteiger partial charge in [-0.2, -0.15) is 0 Å². The summed E-state index contributed by atoms with van der Waals surface area (Å²) in [5.74, 6) is 1.53. The number of aryl methyl sites for hydroxylation is 2. The summed E-state index contributed by atoms with van der Waals surface area (Å²) in [6.07, 6.45) is 0. The number of hydrogen-bond donors (Lipinski definition) is 1. The summed E-state index contributed by atoms with van der Waals surface area (Å²) >= 11 is 0. The molecule has 3 aromatic rings. The Kier molecular flexibility index (Phi) is 4.11. The summed E-state index contributed by atoms with van der Waals surface area (Å²) in [6.45, 7) is 5.29. The average Bonchev–Trinajstić information content (AvgIpc) is 2.86. The number of nitrogens with zero attached hydrogens (tertiary/aromatic N) is 2. The fourth-order valence-electron chi connectivity index (χ4n) is 2.57. The monoisotopic (exact) mass is 296 g/mol. The number of aromatic nitrogens is 2. The van der Waals surface area contributed by atoms with E-state index in [0.717, 1.165) is 16.8 Å². The van der Waals surface area contributed by atoms with E-state index in [9.17, 15) is 5.11 Å². The van der Waals surface area contributed by atoms with Crippen molar-refractivity contribution in [1.29, 1.82) is 0 Å². The number of hydrogen-bond acceptors (Lipinski definition) is 3. The van der Waals surface area contributed by atoms with E-state index in [1.54, 1.807) is 0 Å². The minimum atomic E-state index is -0.0713. The molecule has 0 atom stereocenters. The number of ether oxygens (including phenoxy) is 1. The second-order valence-electron chi connectivity index (χ2n) is 5.42. The lowest BCUT2D eigenvalue weighted by Crippen LogP contribution is -2.11. The number of imidazole rings is 1. The lowest BCUT2D eigenvalue weighted by molar-refractivity contribution is 0.255. The molecule has 2 aromatic carbocycles. The molecule has 4 nitrogen and oxygen atoms in total. The topological polar surface area (TPSA) is 47.3 Å². The number of benzene rings is 2. The molecule has 0 bridgehead atoms. The molecule has 1 heterocycles. The Morgan fingerprint density at radius 1 is 1.09 bits per heavy atom. The van der Waals surface area contributed by atoms with Crippen LogP contribution in [0.4, 0.5) is 0 Å². The first-order valence-corrected chi connectivity index (χ1v) is 7.44. The third-order valence-electron chi connectivity index (χ3n) is 3.91. The molecule has 0 amide bonds. The lowest BCUT2D eigenvalue weighted by Gasteiger charge is -2.10. The fourth-order valence-corrected chi connectivity index (χ4v) is 2.57. The van der Waals surface area contributed by atoms with Crippen LogP contribution in [-0.4, -0.2) is 21.3 Å². The molecule has 3 rings (SSSR count). The number of aliphatic hydroxyl groups is 1. The Morgan fingerprint density at radius 3 is 2.55 bits per heavy atom. The van der Waals surface area contributed by atoms with E-state index in [-0.39, 0.29) is 6.61 Å². The minimum absolute atomic E-state index is 0.0713. The van der Waals surface area contributed by atoms with Gasteiger partial charge in [0.15, 0.2) is 0 Å². The van der Waals surface area contributed by atoms with Crippen LogP contribution in [0.5, 0.6) is 5.75 Å². The highest BCUT2D eigenvalue weighted by molar-refractivity contribution is 5.78. The second-order valence-corrected chi connectivity index (χ2v) is 5.42. The number of fused-ring (bicyclic) bond motifs is 1. The van der Waals surface area contributed by atoms with Crippen molar-refractivity contribution in [2.45, 2.75) is 27.0 Å². The number of aliphatic hydroxyl groups excluding tert-OH is 1. The van der Waals surface area contributed by atoms with E-state index in [2.05, 4.69) is 31.0 Å². The molecule has 0 unspecified atom stereocenters. The van der Waals surface area contributed by atoms with Gasteiger partial charge in [0.2, 0.25) is 0 Å². The van der Waals surface area contributed by atoms with Crippen LogP contribution in [0.3, 0.4) is 0 Å². The second kappa shape index (κ2) is 6.20. The van der Waals surface area contributed by atoms with Gasteiger partial charge in [0, 0.05) is 0 Å². The first-order chi connectivity index (χ1) is 10.7. The van der Waals surface area contributed by atoms with Crippen molar-refractivity contribution in [3.63, 3.8) is 0 Å². The average molecular weight is 296 g/mol. The summed E-state index contributed by atoms with van der Waals surface area (Å²) in [6, 6.07) is 13.9. The molecular weight excluding hydrogens is 276 g/mol. The highest BCUT2D eigenvalue weighted by atomic mass is 16.5. The molecule has 4 heteroatoms. The first-order valence-electron chi connectivity index (χ1n) is 7.44. The third-order valence-corrected chi connectivity index (χ3v) is 3.91. The molecule has 22 heavy (non-hydrogen) atoms. The molecule has 114 valence electrons. The summed E-state index contributed by atoms with van der Waals surface area (Å²) < 4.78 is 7.78. The standard InChI is InChI=1S/C18H20N2O2/c1-13-10-16-17(11-14(13)2)20(18(12-21)19-16)8-9-22-15-6-4-3-5-7-15/h3-7,10-11,21H,8-9,12H2,1-2H3. The molecule has 0 aliphatic heterocycles. The zero-order chi connectivity index (χ0) is 15.5. The quantitative estimate of drug-likeness (QED) is 0.786. The first kappa shape index (κ1) is 14.6. The van der Waals surface area contributed by atoms with E-state index in [1.165, 1.54) is 11.1 Å². The molecule has 0 radical (unpaired) electrons. The van der Waals surface area contributed by atoms with Crippen molar-refractivity contribution in [1.82, 2.24) is 9.55 Å². The van der Waals surface area contributed by atoms with E-state index >= 15 is 0 Å².